The molecule has 1 aliphatic heterocycles. The van der Waals surface area contributed by atoms with E-state index in [0.717, 1.165) is 32.1 Å². The van der Waals surface area contributed by atoms with Crippen LogP contribution in [0.4, 0.5) is 0 Å². The predicted octanol–water partition coefficient (Wildman–Crippen LogP) is 2.49. The SMILES string of the molecule is CCOC(=O)C1=CNC(C(=O)OCC)(C(=O)OCC)[C@@H]2CCCCCC[C@@H]12. The van der Waals surface area contributed by atoms with Crippen LogP contribution in [0.2, 0.25) is 0 Å². The van der Waals surface area contributed by atoms with Crippen molar-refractivity contribution in [1.29, 1.82) is 0 Å². The fraction of sp³-hybridized carbons (Fsp3) is 0.750. The Hall–Kier alpha value is -2.05. The average Bonchev–Trinajstić information content (AvgIpc) is 2.61. The first-order valence-corrected chi connectivity index (χ1v) is 10.0. The Morgan fingerprint density at radius 3 is 2.04 bits per heavy atom. The van der Waals surface area contributed by atoms with E-state index in [2.05, 4.69) is 5.32 Å². The van der Waals surface area contributed by atoms with Crippen molar-refractivity contribution in [1.82, 2.24) is 5.32 Å². The highest BCUT2D eigenvalue weighted by Crippen LogP contribution is 2.43. The Bertz CT molecular complexity index is 567. The van der Waals surface area contributed by atoms with Gasteiger partial charge in [-0.15, -0.1) is 0 Å². The third kappa shape index (κ3) is 4.28. The molecule has 27 heavy (non-hydrogen) atoms. The fourth-order valence-electron chi connectivity index (χ4n) is 4.20. The number of fused-ring (bicyclic) bond motifs is 1. The topological polar surface area (TPSA) is 90.9 Å². The number of nitrogens with one attached hydrogen (secondary N) is 1. The van der Waals surface area contributed by atoms with E-state index in [-0.39, 0.29) is 25.7 Å². The summed E-state index contributed by atoms with van der Waals surface area (Å²) in [5, 5.41) is 2.93. The monoisotopic (exact) mass is 381 g/mol. The molecule has 0 saturated heterocycles. The van der Waals surface area contributed by atoms with Gasteiger partial charge < -0.3 is 19.5 Å². The van der Waals surface area contributed by atoms with Crippen molar-refractivity contribution >= 4 is 17.9 Å². The van der Waals surface area contributed by atoms with Crippen molar-refractivity contribution in [2.24, 2.45) is 11.8 Å². The average molecular weight is 381 g/mol. The molecule has 0 aromatic rings. The molecule has 7 nitrogen and oxygen atoms in total. The minimum Gasteiger partial charge on any atom is -0.464 e. The minimum absolute atomic E-state index is 0.160. The van der Waals surface area contributed by atoms with Gasteiger partial charge in [-0.3, -0.25) is 0 Å². The van der Waals surface area contributed by atoms with Gasteiger partial charge in [0.15, 0.2) is 0 Å². The molecule has 2 atom stereocenters. The van der Waals surface area contributed by atoms with E-state index >= 15 is 0 Å². The van der Waals surface area contributed by atoms with E-state index in [4.69, 9.17) is 14.2 Å². The van der Waals surface area contributed by atoms with Gasteiger partial charge in [-0.1, -0.05) is 25.7 Å². The minimum atomic E-state index is -1.62. The number of carbonyl (C=O) groups excluding carboxylic acids is 3. The summed E-state index contributed by atoms with van der Waals surface area (Å²) in [4.78, 5) is 38.4. The maximum Gasteiger partial charge on any atom is 0.343 e. The van der Waals surface area contributed by atoms with Gasteiger partial charge >= 0.3 is 17.9 Å². The predicted molar refractivity (Wildman–Crippen MR) is 98.5 cm³/mol. The molecule has 2 aliphatic rings. The van der Waals surface area contributed by atoms with Crippen LogP contribution in [0.15, 0.2) is 11.8 Å². The normalized spacial score (nSPS) is 24.2. The molecule has 0 aromatic carbocycles. The van der Waals surface area contributed by atoms with Crippen LogP contribution in [0.5, 0.6) is 0 Å². The van der Waals surface area contributed by atoms with E-state index in [1.807, 2.05) is 0 Å². The molecule has 0 aromatic heterocycles. The molecule has 0 bridgehead atoms. The highest BCUT2D eigenvalue weighted by atomic mass is 16.6. The van der Waals surface area contributed by atoms with Crippen LogP contribution in [0.3, 0.4) is 0 Å². The summed E-state index contributed by atoms with van der Waals surface area (Å²) in [5.41, 5.74) is -1.13. The molecule has 1 saturated carbocycles. The van der Waals surface area contributed by atoms with Gasteiger partial charge in [0.05, 0.1) is 25.4 Å². The third-order valence-corrected chi connectivity index (χ3v) is 5.38. The van der Waals surface area contributed by atoms with Gasteiger partial charge in [0.1, 0.15) is 0 Å². The zero-order valence-corrected chi connectivity index (χ0v) is 16.5. The van der Waals surface area contributed by atoms with Crippen molar-refractivity contribution in [3.8, 4) is 0 Å². The van der Waals surface area contributed by atoms with Crippen molar-refractivity contribution in [3.05, 3.63) is 11.8 Å². The lowest BCUT2D eigenvalue weighted by atomic mass is 9.65. The van der Waals surface area contributed by atoms with Crippen molar-refractivity contribution in [2.45, 2.75) is 64.8 Å². The maximum absolute atomic E-state index is 13.0. The second kappa shape index (κ2) is 9.76. The first-order chi connectivity index (χ1) is 13.0. The largest absolute Gasteiger partial charge is 0.464 e. The van der Waals surface area contributed by atoms with Gasteiger partial charge in [0, 0.05) is 12.1 Å². The van der Waals surface area contributed by atoms with E-state index in [0.29, 0.717) is 12.0 Å². The summed E-state index contributed by atoms with van der Waals surface area (Å²) in [6, 6.07) is 0. The molecular weight excluding hydrogens is 350 g/mol. The summed E-state index contributed by atoms with van der Waals surface area (Å²) in [7, 11) is 0. The number of carbonyl (C=O) groups is 3. The molecule has 0 spiro atoms. The van der Waals surface area contributed by atoms with Crippen LogP contribution in [-0.4, -0.2) is 43.3 Å². The molecule has 152 valence electrons. The van der Waals surface area contributed by atoms with Crippen LogP contribution in [-0.2, 0) is 28.6 Å². The number of ether oxygens (including phenoxy) is 3. The Labute approximate surface area is 160 Å². The van der Waals surface area contributed by atoms with Gasteiger partial charge in [0.25, 0.3) is 0 Å². The standard InChI is InChI=1S/C20H31NO6/c1-4-25-17(22)15-13-21-20(18(23)26-5-2,19(24)27-6-3)16-12-10-8-7-9-11-14(15)16/h13-14,16,21H,4-12H2,1-3H3/t14-,16+/m0/s1. The Balaban J connectivity index is 2.52. The molecule has 2 rings (SSSR count). The highest BCUT2D eigenvalue weighted by molar-refractivity contribution is 6.06. The van der Waals surface area contributed by atoms with Crippen molar-refractivity contribution < 1.29 is 28.6 Å². The van der Waals surface area contributed by atoms with Crippen molar-refractivity contribution in [3.63, 3.8) is 0 Å². The Morgan fingerprint density at radius 2 is 1.48 bits per heavy atom. The number of esters is 3. The quantitative estimate of drug-likeness (QED) is 0.429. The summed E-state index contributed by atoms with van der Waals surface area (Å²) in [5.74, 6) is -2.35. The Morgan fingerprint density at radius 1 is 0.926 bits per heavy atom. The van der Waals surface area contributed by atoms with Gasteiger partial charge in [-0.05, 0) is 39.5 Å². The summed E-state index contributed by atoms with van der Waals surface area (Å²) in [6.07, 6.45) is 6.72. The van der Waals surface area contributed by atoms with E-state index in [1.165, 1.54) is 6.20 Å². The highest BCUT2D eigenvalue weighted by Gasteiger charge is 2.59. The zero-order valence-electron chi connectivity index (χ0n) is 16.5. The van der Waals surface area contributed by atoms with Crippen LogP contribution in [0.1, 0.15) is 59.3 Å². The van der Waals surface area contributed by atoms with Crippen molar-refractivity contribution in [2.75, 3.05) is 19.8 Å². The van der Waals surface area contributed by atoms with E-state index in [9.17, 15) is 14.4 Å². The second-order valence-electron chi connectivity index (χ2n) is 6.92. The summed E-state index contributed by atoms with van der Waals surface area (Å²) < 4.78 is 15.7. The lowest BCUT2D eigenvalue weighted by Gasteiger charge is -2.45. The molecule has 1 N–H and O–H groups in total. The van der Waals surface area contributed by atoms with Crippen LogP contribution < -0.4 is 5.32 Å². The zero-order chi connectivity index (χ0) is 19.9. The second-order valence-corrected chi connectivity index (χ2v) is 6.92. The van der Waals surface area contributed by atoms with Gasteiger partial charge in [-0.2, -0.15) is 0 Å². The summed E-state index contributed by atoms with van der Waals surface area (Å²) >= 11 is 0. The molecule has 0 amide bonds. The molecule has 1 aliphatic carbocycles. The molecule has 1 heterocycles. The molecule has 7 heteroatoms. The molecule has 1 fully saturated rings. The lowest BCUT2D eigenvalue weighted by molar-refractivity contribution is -0.172. The summed E-state index contributed by atoms with van der Waals surface area (Å²) in [6.45, 7) is 5.76. The lowest BCUT2D eigenvalue weighted by Crippen LogP contribution is -2.66. The molecule has 0 unspecified atom stereocenters. The van der Waals surface area contributed by atoms with Gasteiger partial charge in [0.2, 0.25) is 5.54 Å². The number of hydrogen-bond donors (Lipinski definition) is 1. The molecular formula is C20H31NO6. The van der Waals surface area contributed by atoms with Gasteiger partial charge in [-0.25, -0.2) is 14.4 Å². The number of hydrogen-bond acceptors (Lipinski definition) is 7. The smallest absolute Gasteiger partial charge is 0.343 e. The molecule has 0 radical (unpaired) electrons. The maximum atomic E-state index is 13.0. The van der Waals surface area contributed by atoms with Crippen LogP contribution in [0, 0.1) is 11.8 Å². The van der Waals surface area contributed by atoms with E-state index in [1.54, 1.807) is 20.8 Å². The van der Waals surface area contributed by atoms with E-state index < -0.39 is 29.4 Å². The van der Waals surface area contributed by atoms with Crippen LogP contribution >= 0.6 is 0 Å². The number of rotatable bonds is 6. The fourth-order valence-corrected chi connectivity index (χ4v) is 4.20. The first-order valence-electron chi connectivity index (χ1n) is 10.0. The Kier molecular flexibility index (Phi) is 7.68. The van der Waals surface area contributed by atoms with Crippen LogP contribution in [0.25, 0.3) is 0 Å². The third-order valence-electron chi connectivity index (χ3n) is 5.38. The first kappa shape index (κ1) is 21.3.